The Hall–Kier alpha value is -3.03. The van der Waals surface area contributed by atoms with Crippen LogP contribution in [0.1, 0.15) is 6.92 Å². The van der Waals surface area contributed by atoms with Crippen molar-refractivity contribution in [3.63, 3.8) is 0 Å². The minimum absolute atomic E-state index is 0.147. The number of nitrogens with zero attached hydrogens (tertiary/aromatic N) is 1. The third-order valence-electron chi connectivity index (χ3n) is 4.46. The molecule has 0 radical (unpaired) electrons. The average Bonchev–Trinajstić information content (AvgIpc) is 2.82. The van der Waals surface area contributed by atoms with Crippen LogP contribution in [-0.2, 0) is 25.5 Å². The van der Waals surface area contributed by atoms with Crippen LogP contribution in [0.2, 0.25) is 0 Å². The van der Waals surface area contributed by atoms with Crippen LogP contribution < -0.4 is 11.1 Å². The normalized spacial score (nSPS) is 11.1. The minimum Gasteiger partial charge on any atom is -0.463 e. The SMILES string of the molecule is CC(=O)OCCOCCOCCn1c(=O)c2ccccc2c2ccccc2c1=O. The second-order valence-corrected chi connectivity index (χ2v) is 6.42. The number of hydrogen-bond acceptors (Lipinski definition) is 6. The maximum absolute atomic E-state index is 13.0. The first-order chi connectivity index (χ1) is 14.1. The fraction of sp³-hybridized carbons (Fsp3) is 0.318. The van der Waals surface area contributed by atoms with E-state index in [0.29, 0.717) is 30.6 Å². The number of hydrogen-bond donors (Lipinski definition) is 0. The van der Waals surface area contributed by atoms with Gasteiger partial charge in [0.25, 0.3) is 11.1 Å². The van der Waals surface area contributed by atoms with Crippen LogP contribution in [0.3, 0.4) is 0 Å². The van der Waals surface area contributed by atoms with Gasteiger partial charge in [-0.1, -0.05) is 36.4 Å². The van der Waals surface area contributed by atoms with Gasteiger partial charge in [0, 0.05) is 17.7 Å². The third kappa shape index (κ3) is 5.07. The van der Waals surface area contributed by atoms with Gasteiger partial charge in [-0.05, 0) is 22.9 Å². The molecule has 0 N–H and O–H groups in total. The summed E-state index contributed by atoms with van der Waals surface area (Å²) in [5.41, 5.74) is -0.661. The van der Waals surface area contributed by atoms with E-state index in [1.165, 1.54) is 11.5 Å². The van der Waals surface area contributed by atoms with Crippen LogP contribution in [0.15, 0.2) is 58.1 Å². The lowest BCUT2D eigenvalue weighted by atomic mass is 10.1. The first-order valence-corrected chi connectivity index (χ1v) is 9.43. The Morgan fingerprint density at radius 2 is 1.17 bits per heavy atom. The molecule has 0 aliphatic carbocycles. The Balaban J connectivity index is 1.71. The number of ether oxygens (including phenoxy) is 3. The van der Waals surface area contributed by atoms with Crippen LogP contribution in [-0.4, -0.2) is 43.6 Å². The molecular formula is C22H23NO6. The van der Waals surface area contributed by atoms with Crippen molar-refractivity contribution in [2.24, 2.45) is 0 Å². The lowest BCUT2D eigenvalue weighted by Gasteiger charge is -2.07. The molecule has 0 bridgehead atoms. The summed E-state index contributed by atoms with van der Waals surface area (Å²) in [6.45, 7) is 2.82. The van der Waals surface area contributed by atoms with Gasteiger partial charge in [0.15, 0.2) is 0 Å². The number of aromatic nitrogens is 1. The number of esters is 1. The molecule has 0 fully saturated rings. The summed E-state index contributed by atoms with van der Waals surface area (Å²) in [6.07, 6.45) is 0. The van der Waals surface area contributed by atoms with Crippen molar-refractivity contribution in [3.8, 4) is 0 Å². The van der Waals surface area contributed by atoms with Crippen molar-refractivity contribution in [2.75, 3.05) is 33.0 Å². The van der Waals surface area contributed by atoms with E-state index in [4.69, 9.17) is 14.2 Å². The van der Waals surface area contributed by atoms with E-state index in [-0.39, 0.29) is 36.8 Å². The molecule has 152 valence electrons. The molecular weight excluding hydrogens is 374 g/mol. The molecule has 3 aromatic rings. The van der Waals surface area contributed by atoms with Crippen molar-refractivity contribution >= 4 is 27.5 Å². The van der Waals surface area contributed by atoms with Crippen molar-refractivity contribution < 1.29 is 19.0 Å². The predicted octanol–water partition coefficient (Wildman–Crippen LogP) is 2.11. The molecule has 0 spiro atoms. The summed E-state index contributed by atoms with van der Waals surface area (Å²) >= 11 is 0. The number of carbonyl (C=O) groups excluding carboxylic acids is 1. The Morgan fingerprint density at radius 1 is 0.724 bits per heavy atom. The van der Waals surface area contributed by atoms with Gasteiger partial charge in [0.1, 0.15) is 6.61 Å². The molecule has 7 nitrogen and oxygen atoms in total. The van der Waals surface area contributed by atoms with Crippen molar-refractivity contribution in [1.29, 1.82) is 0 Å². The van der Waals surface area contributed by atoms with E-state index in [1.54, 1.807) is 24.3 Å². The summed E-state index contributed by atoms with van der Waals surface area (Å²) in [5, 5.41) is 2.51. The van der Waals surface area contributed by atoms with Crippen LogP contribution in [0, 0.1) is 0 Å². The van der Waals surface area contributed by atoms with Crippen LogP contribution in [0.25, 0.3) is 21.5 Å². The topological polar surface area (TPSA) is 83.8 Å². The number of fused-ring (bicyclic) bond motifs is 3. The molecule has 0 saturated carbocycles. The summed E-state index contributed by atoms with van der Waals surface area (Å²) in [4.78, 5) is 36.6. The number of carbonyl (C=O) groups is 1. The van der Waals surface area contributed by atoms with Crippen molar-refractivity contribution in [2.45, 2.75) is 13.5 Å². The van der Waals surface area contributed by atoms with E-state index >= 15 is 0 Å². The van der Waals surface area contributed by atoms with Gasteiger partial charge in [0.05, 0.1) is 33.0 Å². The third-order valence-corrected chi connectivity index (χ3v) is 4.46. The molecule has 0 atom stereocenters. The Morgan fingerprint density at radius 3 is 1.69 bits per heavy atom. The first-order valence-electron chi connectivity index (χ1n) is 9.43. The molecule has 29 heavy (non-hydrogen) atoms. The van der Waals surface area contributed by atoms with E-state index in [1.807, 2.05) is 24.3 Å². The van der Waals surface area contributed by atoms with Gasteiger partial charge < -0.3 is 14.2 Å². The minimum atomic E-state index is -0.347. The van der Waals surface area contributed by atoms with Gasteiger partial charge >= 0.3 is 5.97 Å². The van der Waals surface area contributed by atoms with Crippen molar-refractivity contribution in [3.05, 3.63) is 69.2 Å². The molecule has 0 aliphatic rings. The van der Waals surface area contributed by atoms with Gasteiger partial charge in [0.2, 0.25) is 0 Å². The molecule has 0 aliphatic heterocycles. The standard InChI is InChI=1S/C22H23NO6/c1-16(24)29-15-14-28-13-12-27-11-10-23-21(25)19-8-4-2-6-17(19)18-7-3-5-9-20(18)22(23)26/h2-9H,10-15H2,1H3. The quantitative estimate of drug-likeness (QED) is 0.406. The lowest BCUT2D eigenvalue weighted by molar-refractivity contribution is -0.142. The van der Waals surface area contributed by atoms with Gasteiger partial charge in [-0.15, -0.1) is 0 Å². The zero-order chi connectivity index (χ0) is 20.6. The second kappa shape index (κ2) is 9.95. The van der Waals surface area contributed by atoms with E-state index in [2.05, 4.69) is 0 Å². The first kappa shape index (κ1) is 20.7. The summed E-state index contributed by atoms with van der Waals surface area (Å²) in [5.74, 6) is -0.347. The molecule has 3 rings (SSSR count). The summed E-state index contributed by atoms with van der Waals surface area (Å²) in [6, 6.07) is 14.5. The molecule has 2 aromatic carbocycles. The molecule has 7 heteroatoms. The molecule has 0 saturated heterocycles. The molecule has 1 aromatic heterocycles. The fourth-order valence-corrected chi connectivity index (χ4v) is 3.12. The highest BCUT2D eigenvalue weighted by Gasteiger charge is 2.10. The summed E-state index contributed by atoms with van der Waals surface area (Å²) < 4.78 is 16.8. The zero-order valence-electron chi connectivity index (χ0n) is 16.3. The summed E-state index contributed by atoms with van der Waals surface area (Å²) in [7, 11) is 0. The fourth-order valence-electron chi connectivity index (χ4n) is 3.12. The lowest BCUT2D eigenvalue weighted by Crippen LogP contribution is -2.32. The second-order valence-electron chi connectivity index (χ2n) is 6.42. The number of benzene rings is 2. The van der Waals surface area contributed by atoms with E-state index in [0.717, 1.165) is 10.8 Å². The van der Waals surface area contributed by atoms with Crippen molar-refractivity contribution in [1.82, 2.24) is 4.57 Å². The zero-order valence-corrected chi connectivity index (χ0v) is 16.3. The smallest absolute Gasteiger partial charge is 0.302 e. The highest BCUT2D eigenvalue weighted by atomic mass is 16.6. The highest BCUT2D eigenvalue weighted by Crippen LogP contribution is 2.19. The van der Waals surface area contributed by atoms with Gasteiger partial charge in [-0.25, -0.2) is 0 Å². The predicted molar refractivity (Wildman–Crippen MR) is 110 cm³/mol. The monoisotopic (exact) mass is 397 g/mol. The van der Waals surface area contributed by atoms with Crippen LogP contribution >= 0.6 is 0 Å². The average molecular weight is 397 g/mol. The maximum atomic E-state index is 13.0. The van der Waals surface area contributed by atoms with E-state index in [9.17, 15) is 14.4 Å². The molecule has 1 heterocycles. The van der Waals surface area contributed by atoms with E-state index < -0.39 is 0 Å². The Labute approximate surface area is 167 Å². The highest BCUT2D eigenvalue weighted by molar-refractivity contribution is 6.05. The molecule has 0 amide bonds. The number of rotatable bonds is 9. The Bertz CT molecular complexity index is 1050. The Kier molecular flexibility index (Phi) is 7.10. The van der Waals surface area contributed by atoms with Crippen LogP contribution in [0.5, 0.6) is 0 Å². The van der Waals surface area contributed by atoms with Crippen LogP contribution in [0.4, 0.5) is 0 Å². The largest absolute Gasteiger partial charge is 0.463 e. The molecule has 0 unspecified atom stereocenters. The maximum Gasteiger partial charge on any atom is 0.302 e. The van der Waals surface area contributed by atoms with Gasteiger partial charge in [-0.3, -0.25) is 19.0 Å². The van der Waals surface area contributed by atoms with Gasteiger partial charge in [-0.2, -0.15) is 0 Å².